The lowest BCUT2D eigenvalue weighted by molar-refractivity contribution is 0.0327. The molecule has 0 saturated carbocycles. The van der Waals surface area contributed by atoms with Crippen molar-refractivity contribution in [3.63, 3.8) is 0 Å². The second-order valence-corrected chi connectivity index (χ2v) is 6.41. The summed E-state index contributed by atoms with van der Waals surface area (Å²) in [6.45, 7) is 1.97. The van der Waals surface area contributed by atoms with E-state index in [1.807, 2.05) is 6.92 Å². The lowest BCUT2D eigenvalue weighted by Crippen LogP contribution is -2.38. The monoisotopic (exact) mass is 339 g/mol. The van der Waals surface area contributed by atoms with Crippen LogP contribution in [0.5, 0.6) is 0 Å². The molecule has 6 nitrogen and oxygen atoms in total. The minimum Gasteiger partial charge on any atom is -0.398 e. The molecule has 3 rings (SSSR count). The normalized spacial score (nSPS) is 15.5. The number of hydrogen-bond acceptors (Lipinski definition) is 6. The summed E-state index contributed by atoms with van der Waals surface area (Å²) in [6.07, 6.45) is 1.79. The Morgan fingerprint density at radius 3 is 2.16 bits per heavy atom. The van der Waals surface area contributed by atoms with Crippen LogP contribution in [-0.4, -0.2) is 16.7 Å². The number of anilines is 2. The fraction of sp³-hybridized carbons (Fsp3) is 0.263. The quantitative estimate of drug-likeness (QED) is 0.424. The predicted octanol–water partition coefficient (Wildman–Crippen LogP) is 1.92. The molecular formula is C19H21N3O3. The van der Waals surface area contributed by atoms with Crippen molar-refractivity contribution in [3.05, 3.63) is 58.1 Å². The van der Waals surface area contributed by atoms with Gasteiger partial charge in [0, 0.05) is 22.4 Å². The maximum absolute atomic E-state index is 12.9. The van der Waals surface area contributed by atoms with Crippen molar-refractivity contribution in [1.82, 2.24) is 0 Å². The first-order chi connectivity index (χ1) is 11.8. The Kier molecular flexibility index (Phi) is 4.10. The molecule has 0 radical (unpaired) electrons. The molecule has 130 valence electrons. The molecule has 7 N–H and O–H groups in total. The second kappa shape index (κ2) is 5.98. The van der Waals surface area contributed by atoms with Crippen molar-refractivity contribution in [1.29, 1.82) is 0 Å². The number of benzene rings is 2. The first-order valence-electron chi connectivity index (χ1n) is 8.21. The molecule has 0 fully saturated rings. The maximum atomic E-state index is 12.9. The average molecular weight is 339 g/mol. The average Bonchev–Trinajstić information content (AvgIpc) is 2.59. The Bertz CT molecular complexity index is 888. The van der Waals surface area contributed by atoms with E-state index in [4.69, 9.17) is 17.2 Å². The summed E-state index contributed by atoms with van der Waals surface area (Å²) >= 11 is 0. The van der Waals surface area contributed by atoms with Crippen LogP contribution in [0.3, 0.4) is 0 Å². The smallest absolute Gasteiger partial charge is 0.196 e. The van der Waals surface area contributed by atoms with Gasteiger partial charge < -0.3 is 16.6 Å². The Morgan fingerprint density at radius 1 is 1.04 bits per heavy atom. The van der Waals surface area contributed by atoms with Gasteiger partial charge in [0.2, 0.25) is 0 Å². The predicted molar refractivity (Wildman–Crippen MR) is 96.2 cm³/mol. The van der Waals surface area contributed by atoms with Gasteiger partial charge in [-0.25, -0.2) is 0 Å². The molecule has 0 aliphatic heterocycles. The van der Waals surface area contributed by atoms with Crippen LogP contribution >= 0.6 is 0 Å². The van der Waals surface area contributed by atoms with E-state index >= 15 is 0 Å². The van der Waals surface area contributed by atoms with Crippen LogP contribution in [0.4, 0.5) is 11.4 Å². The Balaban J connectivity index is 2.24. The van der Waals surface area contributed by atoms with Gasteiger partial charge in [-0.1, -0.05) is 37.6 Å². The Hall–Kier alpha value is -2.70. The number of aliphatic hydroxyl groups is 1. The van der Waals surface area contributed by atoms with Crippen molar-refractivity contribution >= 4 is 22.9 Å². The van der Waals surface area contributed by atoms with E-state index < -0.39 is 5.72 Å². The van der Waals surface area contributed by atoms with Crippen molar-refractivity contribution in [2.45, 2.75) is 31.9 Å². The van der Waals surface area contributed by atoms with E-state index in [0.717, 1.165) is 6.42 Å². The van der Waals surface area contributed by atoms with Crippen LogP contribution in [0.2, 0.25) is 0 Å². The number of fused-ring (bicyclic) bond motifs is 2. The lowest BCUT2D eigenvalue weighted by Gasteiger charge is -2.29. The zero-order valence-corrected chi connectivity index (χ0v) is 14.0. The Labute approximate surface area is 145 Å². The van der Waals surface area contributed by atoms with E-state index in [9.17, 15) is 14.7 Å². The van der Waals surface area contributed by atoms with Gasteiger partial charge in [-0.2, -0.15) is 0 Å². The molecule has 1 unspecified atom stereocenters. The molecule has 0 amide bonds. The molecular weight excluding hydrogens is 318 g/mol. The van der Waals surface area contributed by atoms with Gasteiger partial charge in [0.25, 0.3) is 0 Å². The van der Waals surface area contributed by atoms with Crippen LogP contribution in [-0.2, 0) is 5.72 Å². The SMILES string of the molecule is CCCCC(N)(O)c1cc(N)c2c(c1N)C(=O)c1ccccc1C2=O. The highest BCUT2D eigenvalue weighted by molar-refractivity contribution is 6.31. The van der Waals surface area contributed by atoms with Gasteiger partial charge in [0.15, 0.2) is 11.6 Å². The molecule has 1 atom stereocenters. The second-order valence-electron chi connectivity index (χ2n) is 6.41. The van der Waals surface area contributed by atoms with Gasteiger partial charge in [-0.15, -0.1) is 0 Å². The summed E-state index contributed by atoms with van der Waals surface area (Å²) in [7, 11) is 0. The molecule has 2 aromatic carbocycles. The Morgan fingerprint density at radius 2 is 1.60 bits per heavy atom. The standard InChI is InChI=1S/C19H21N3O3/c1-2-3-8-19(22,25)12-9-13(20)14-15(16(12)21)18(24)11-7-5-4-6-10(11)17(14)23/h4-7,9,25H,2-3,8,20-22H2,1H3. The van der Waals surface area contributed by atoms with Gasteiger partial charge in [-0.3, -0.25) is 15.3 Å². The number of ketones is 2. The fourth-order valence-corrected chi connectivity index (χ4v) is 3.29. The van der Waals surface area contributed by atoms with Crippen LogP contribution in [0, 0.1) is 0 Å². The van der Waals surface area contributed by atoms with Crippen LogP contribution in [0.1, 0.15) is 63.6 Å². The van der Waals surface area contributed by atoms with Crippen molar-refractivity contribution in [2.75, 3.05) is 11.5 Å². The first-order valence-corrected chi connectivity index (χ1v) is 8.21. The number of unbranched alkanes of at least 4 members (excludes halogenated alkanes) is 1. The van der Waals surface area contributed by atoms with E-state index in [-0.39, 0.29) is 51.6 Å². The largest absolute Gasteiger partial charge is 0.398 e. The number of rotatable bonds is 4. The van der Waals surface area contributed by atoms with Gasteiger partial charge in [0.05, 0.1) is 16.8 Å². The third kappa shape index (κ3) is 2.59. The lowest BCUT2D eigenvalue weighted by atomic mass is 9.79. The molecule has 25 heavy (non-hydrogen) atoms. The van der Waals surface area contributed by atoms with Crippen LogP contribution < -0.4 is 17.2 Å². The number of hydrogen-bond donors (Lipinski definition) is 4. The van der Waals surface area contributed by atoms with Gasteiger partial charge >= 0.3 is 0 Å². The highest BCUT2D eigenvalue weighted by Gasteiger charge is 2.37. The minimum atomic E-state index is -1.72. The van der Waals surface area contributed by atoms with Gasteiger partial charge in [-0.05, 0) is 18.9 Å². The molecule has 0 bridgehead atoms. The summed E-state index contributed by atoms with van der Waals surface area (Å²) in [5, 5.41) is 10.6. The highest BCUT2D eigenvalue weighted by atomic mass is 16.3. The summed E-state index contributed by atoms with van der Waals surface area (Å²) in [6, 6.07) is 7.93. The molecule has 1 aliphatic rings. The zero-order valence-electron chi connectivity index (χ0n) is 14.0. The van der Waals surface area contributed by atoms with E-state index in [1.165, 1.54) is 6.07 Å². The molecule has 0 aromatic heterocycles. The number of nitrogen functional groups attached to an aromatic ring is 2. The van der Waals surface area contributed by atoms with Crippen molar-refractivity contribution in [2.24, 2.45) is 5.73 Å². The summed E-state index contributed by atoms with van der Waals surface area (Å²) in [5.41, 5.74) is 17.5. The third-order valence-corrected chi connectivity index (χ3v) is 4.65. The van der Waals surface area contributed by atoms with E-state index in [2.05, 4.69) is 0 Å². The number of carbonyl (C=O) groups excluding carboxylic acids is 2. The maximum Gasteiger partial charge on any atom is 0.196 e. The third-order valence-electron chi connectivity index (χ3n) is 4.65. The molecule has 2 aromatic rings. The van der Waals surface area contributed by atoms with Crippen molar-refractivity contribution in [3.8, 4) is 0 Å². The van der Waals surface area contributed by atoms with Crippen LogP contribution in [0.15, 0.2) is 30.3 Å². The zero-order chi connectivity index (χ0) is 18.4. The first kappa shape index (κ1) is 17.1. The molecule has 0 heterocycles. The summed E-state index contributed by atoms with van der Waals surface area (Å²) in [5.74, 6) is -0.738. The molecule has 1 aliphatic carbocycles. The molecule has 0 saturated heterocycles. The highest BCUT2D eigenvalue weighted by Crippen LogP contribution is 2.39. The summed E-state index contributed by atoms with van der Waals surface area (Å²) < 4.78 is 0. The number of carbonyl (C=O) groups is 2. The van der Waals surface area contributed by atoms with E-state index in [0.29, 0.717) is 12.0 Å². The fourth-order valence-electron chi connectivity index (χ4n) is 3.29. The molecule has 6 heteroatoms. The van der Waals surface area contributed by atoms with Crippen molar-refractivity contribution < 1.29 is 14.7 Å². The topological polar surface area (TPSA) is 132 Å². The van der Waals surface area contributed by atoms with E-state index in [1.54, 1.807) is 24.3 Å². The number of nitrogens with two attached hydrogens (primary N) is 3. The minimum absolute atomic E-state index is 0.0122. The van der Waals surface area contributed by atoms with Gasteiger partial charge in [0.1, 0.15) is 5.72 Å². The molecule has 0 spiro atoms. The van der Waals surface area contributed by atoms with Crippen LogP contribution in [0.25, 0.3) is 0 Å². The summed E-state index contributed by atoms with van der Waals surface area (Å²) in [4.78, 5) is 25.7.